The summed E-state index contributed by atoms with van der Waals surface area (Å²) >= 11 is 6.20. The van der Waals surface area contributed by atoms with Crippen LogP contribution in [-0.2, 0) is 0 Å². The monoisotopic (exact) mass is 342 g/mol. The van der Waals surface area contributed by atoms with Crippen LogP contribution in [0.1, 0.15) is 36.9 Å². The number of fused-ring (bicyclic) bond motifs is 3. The summed E-state index contributed by atoms with van der Waals surface area (Å²) in [5, 5.41) is 7.67. The van der Waals surface area contributed by atoms with E-state index in [2.05, 4.69) is 24.1 Å². The molecule has 0 spiro atoms. The Morgan fingerprint density at radius 3 is 2.75 bits per heavy atom. The molecule has 0 saturated heterocycles. The molecule has 0 unspecified atom stereocenters. The zero-order chi connectivity index (χ0) is 16.7. The van der Waals surface area contributed by atoms with Gasteiger partial charge in [0.1, 0.15) is 11.5 Å². The summed E-state index contributed by atoms with van der Waals surface area (Å²) in [5.41, 5.74) is 3.29. The number of hydrazone groups is 1. The summed E-state index contributed by atoms with van der Waals surface area (Å²) in [6.45, 7) is 2.11. The van der Waals surface area contributed by atoms with Crippen molar-refractivity contribution in [2.45, 2.75) is 32.0 Å². The van der Waals surface area contributed by atoms with Crippen molar-refractivity contribution in [1.82, 2.24) is 5.01 Å². The Balaban J connectivity index is 1.70. The maximum atomic E-state index is 6.20. The average Bonchev–Trinajstić information content (AvgIpc) is 3.07. The van der Waals surface area contributed by atoms with Gasteiger partial charge in [0, 0.05) is 23.4 Å². The molecular weight excluding hydrogens is 324 g/mol. The molecule has 0 saturated carbocycles. The van der Waals surface area contributed by atoms with E-state index >= 15 is 0 Å². The predicted molar refractivity (Wildman–Crippen MR) is 94.9 cm³/mol. The molecule has 4 rings (SSSR count). The minimum Gasteiger partial charge on any atom is -0.497 e. The number of benzene rings is 2. The van der Waals surface area contributed by atoms with Gasteiger partial charge in [-0.05, 0) is 48.0 Å². The molecule has 2 aliphatic rings. The molecule has 24 heavy (non-hydrogen) atoms. The van der Waals surface area contributed by atoms with Crippen LogP contribution in [0.15, 0.2) is 47.6 Å². The highest BCUT2D eigenvalue weighted by molar-refractivity contribution is 6.30. The van der Waals surface area contributed by atoms with Crippen LogP contribution < -0.4 is 9.47 Å². The number of hydrogen-bond acceptors (Lipinski definition) is 4. The molecule has 0 aliphatic carbocycles. The first-order chi connectivity index (χ1) is 11.7. The predicted octanol–water partition coefficient (Wildman–Crippen LogP) is 4.63. The molecule has 2 aromatic carbocycles. The van der Waals surface area contributed by atoms with Gasteiger partial charge in [0.05, 0.1) is 18.9 Å². The second-order valence-electron chi connectivity index (χ2n) is 6.04. The third-order valence-electron chi connectivity index (χ3n) is 4.60. The fourth-order valence-electron chi connectivity index (χ4n) is 3.36. The standard InChI is InChI=1S/C19H19ClN2O2/c1-3-19-22-17(15-10-13(20)6-9-18(15)24-19)11-16(21-22)12-4-7-14(23-2)8-5-12/h4-10,17,19H,3,11H2,1-2H3/t17-,19-/m0/s1. The molecular formula is C19H19ClN2O2. The van der Waals surface area contributed by atoms with Crippen molar-refractivity contribution < 1.29 is 9.47 Å². The van der Waals surface area contributed by atoms with Gasteiger partial charge in [-0.25, -0.2) is 0 Å². The number of ether oxygens (including phenoxy) is 2. The van der Waals surface area contributed by atoms with E-state index in [9.17, 15) is 0 Å². The van der Waals surface area contributed by atoms with E-state index in [-0.39, 0.29) is 12.3 Å². The molecule has 0 N–H and O–H groups in total. The van der Waals surface area contributed by atoms with Crippen LogP contribution in [0.3, 0.4) is 0 Å². The van der Waals surface area contributed by atoms with Crippen LogP contribution in [0.5, 0.6) is 11.5 Å². The number of hydrogen-bond donors (Lipinski definition) is 0. The molecule has 0 radical (unpaired) electrons. The summed E-state index contributed by atoms with van der Waals surface area (Å²) in [5.74, 6) is 1.76. The van der Waals surface area contributed by atoms with Gasteiger partial charge in [0.15, 0.2) is 6.23 Å². The van der Waals surface area contributed by atoms with E-state index in [1.807, 2.05) is 30.3 Å². The van der Waals surface area contributed by atoms with Crippen molar-refractivity contribution in [3.8, 4) is 11.5 Å². The Hall–Kier alpha value is -2.20. The van der Waals surface area contributed by atoms with E-state index in [1.165, 1.54) is 0 Å². The van der Waals surface area contributed by atoms with Gasteiger partial charge < -0.3 is 9.47 Å². The van der Waals surface area contributed by atoms with Crippen LogP contribution in [-0.4, -0.2) is 24.1 Å². The zero-order valence-electron chi connectivity index (χ0n) is 13.7. The Morgan fingerprint density at radius 2 is 2.04 bits per heavy atom. The van der Waals surface area contributed by atoms with Crippen molar-refractivity contribution in [2.75, 3.05) is 7.11 Å². The highest BCUT2D eigenvalue weighted by atomic mass is 35.5. The Morgan fingerprint density at radius 1 is 1.25 bits per heavy atom. The lowest BCUT2D eigenvalue weighted by atomic mass is 9.96. The van der Waals surface area contributed by atoms with Crippen LogP contribution in [0, 0.1) is 0 Å². The Bertz CT molecular complexity index is 788. The second-order valence-corrected chi connectivity index (χ2v) is 6.47. The van der Waals surface area contributed by atoms with Gasteiger partial charge in [-0.15, -0.1) is 0 Å². The maximum Gasteiger partial charge on any atom is 0.187 e. The minimum atomic E-state index is -0.0422. The van der Waals surface area contributed by atoms with Crippen molar-refractivity contribution >= 4 is 17.3 Å². The number of rotatable bonds is 3. The van der Waals surface area contributed by atoms with E-state index in [0.29, 0.717) is 0 Å². The number of methoxy groups -OCH3 is 1. The largest absolute Gasteiger partial charge is 0.497 e. The molecule has 5 heteroatoms. The molecule has 2 aromatic rings. The first kappa shape index (κ1) is 15.3. The molecule has 0 fully saturated rings. The summed E-state index contributed by atoms with van der Waals surface area (Å²) < 4.78 is 11.3. The van der Waals surface area contributed by atoms with E-state index in [4.69, 9.17) is 26.2 Å². The van der Waals surface area contributed by atoms with Gasteiger partial charge in [0.2, 0.25) is 0 Å². The highest BCUT2D eigenvalue weighted by Gasteiger charge is 2.39. The van der Waals surface area contributed by atoms with Crippen LogP contribution in [0.25, 0.3) is 0 Å². The lowest BCUT2D eigenvalue weighted by molar-refractivity contribution is -0.0188. The summed E-state index contributed by atoms with van der Waals surface area (Å²) in [7, 11) is 1.67. The lowest BCUT2D eigenvalue weighted by Crippen LogP contribution is -2.39. The van der Waals surface area contributed by atoms with Gasteiger partial charge in [-0.1, -0.05) is 18.5 Å². The van der Waals surface area contributed by atoms with E-state index in [0.717, 1.165) is 46.2 Å². The van der Waals surface area contributed by atoms with Crippen molar-refractivity contribution in [3.63, 3.8) is 0 Å². The molecule has 0 bridgehead atoms. The first-order valence-corrected chi connectivity index (χ1v) is 8.53. The topological polar surface area (TPSA) is 34.1 Å². The van der Waals surface area contributed by atoms with Crippen LogP contribution >= 0.6 is 11.6 Å². The first-order valence-electron chi connectivity index (χ1n) is 8.16. The molecule has 2 atom stereocenters. The molecule has 2 heterocycles. The summed E-state index contributed by atoms with van der Waals surface area (Å²) in [6.07, 6.45) is 1.68. The SMILES string of the molecule is CC[C@@H]1Oc2ccc(Cl)cc2[C@@H]2CC(c3ccc(OC)cc3)=NN12. The summed E-state index contributed by atoms with van der Waals surface area (Å²) in [4.78, 5) is 0. The van der Waals surface area contributed by atoms with Gasteiger partial charge >= 0.3 is 0 Å². The number of halogens is 1. The van der Waals surface area contributed by atoms with Crippen molar-refractivity contribution in [1.29, 1.82) is 0 Å². The quantitative estimate of drug-likeness (QED) is 0.815. The Kier molecular flexibility index (Phi) is 3.85. The molecule has 4 nitrogen and oxygen atoms in total. The van der Waals surface area contributed by atoms with Crippen LogP contribution in [0.4, 0.5) is 0 Å². The zero-order valence-corrected chi connectivity index (χ0v) is 14.5. The molecule has 124 valence electrons. The highest BCUT2D eigenvalue weighted by Crippen LogP contribution is 2.44. The average molecular weight is 343 g/mol. The van der Waals surface area contributed by atoms with Gasteiger partial charge in [-0.3, -0.25) is 5.01 Å². The molecule has 0 aromatic heterocycles. The van der Waals surface area contributed by atoms with Gasteiger partial charge in [0.25, 0.3) is 0 Å². The summed E-state index contributed by atoms with van der Waals surface area (Å²) in [6, 6.07) is 14.0. The molecule has 0 amide bonds. The number of nitrogens with zero attached hydrogens (tertiary/aromatic N) is 2. The van der Waals surface area contributed by atoms with Crippen LogP contribution in [0.2, 0.25) is 5.02 Å². The minimum absolute atomic E-state index is 0.0422. The van der Waals surface area contributed by atoms with Gasteiger partial charge in [-0.2, -0.15) is 5.10 Å². The Labute approximate surface area is 146 Å². The fourth-order valence-corrected chi connectivity index (χ4v) is 3.54. The fraction of sp³-hybridized carbons (Fsp3) is 0.316. The smallest absolute Gasteiger partial charge is 0.187 e. The third kappa shape index (κ3) is 2.51. The van der Waals surface area contributed by atoms with E-state index < -0.39 is 0 Å². The normalized spacial score (nSPS) is 21.6. The lowest BCUT2D eigenvalue weighted by Gasteiger charge is -2.37. The maximum absolute atomic E-state index is 6.20. The van der Waals surface area contributed by atoms with Crippen molar-refractivity contribution in [3.05, 3.63) is 58.6 Å². The third-order valence-corrected chi connectivity index (χ3v) is 4.84. The van der Waals surface area contributed by atoms with Crippen molar-refractivity contribution in [2.24, 2.45) is 5.10 Å². The second kappa shape index (κ2) is 6.02. The molecule has 2 aliphatic heterocycles. The van der Waals surface area contributed by atoms with E-state index in [1.54, 1.807) is 7.11 Å².